The zero-order chi connectivity index (χ0) is 14.8. The predicted molar refractivity (Wildman–Crippen MR) is 88.1 cm³/mol. The Hall–Kier alpha value is -2.20. The van der Waals surface area contributed by atoms with Crippen LogP contribution in [-0.2, 0) is 0 Å². The molecule has 1 aromatic heterocycles. The minimum atomic E-state index is 0.145. The third-order valence-corrected chi connectivity index (χ3v) is 3.49. The molecule has 3 rings (SSSR count). The summed E-state index contributed by atoms with van der Waals surface area (Å²) in [5.41, 5.74) is 1.89. The topological polar surface area (TPSA) is 37.9 Å². The highest BCUT2D eigenvalue weighted by Gasteiger charge is 2.08. The number of H-pyrrole nitrogens is 1. The molecule has 0 unspecified atom stereocenters. The van der Waals surface area contributed by atoms with Gasteiger partial charge in [-0.15, -0.1) is 0 Å². The van der Waals surface area contributed by atoms with Crippen LogP contribution in [0.4, 0.5) is 0 Å². The van der Waals surface area contributed by atoms with Crippen LogP contribution in [0.15, 0.2) is 48.5 Å². The lowest BCUT2D eigenvalue weighted by Crippen LogP contribution is -2.05. The Morgan fingerprint density at radius 1 is 1.05 bits per heavy atom. The number of hydrogen-bond donors (Lipinski definition) is 1. The van der Waals surface area contributed by atoms with E-state index in [0.717, 1.165) is 27.8 Å². The summed E-state index contributed by atoms with van der Waals surface area (Å²) < 4.78 is 6.41. The van der Waals surface area contributed by atoms with Gasteiger partial charge in [0.05, 0.1) is 11.8 Å². The molecule has 0 aliphatic heterocycles. The van der Waals surface area contributed by atoms with Gasteiger partial charge in [0.2, 0.25) is 0 Å². The monoisotopic (exact) mass is 296 g/mol. The summed E-state index contributed by atoms with van der Waals surface area (Å²) in [6.07, 6.45) is 0.145. The normalized spacial score (nSPS) is 11.0. The molecular formula is C17H16N2OS. The molecule has 3 aromatic rings. The molecule has 21 heavy (non-hydrogen) atoms. The lowest BCUT2D eigenvalue weighted by molar-refractivity contribution is 0.242. The molecule has 0 spiro atoms. The van der Waals surface area contributed by atoms with Gasteiger partial charge in [-0.25, -0.2) is 0 Å². The molecule has 0 saturated carbocycles. The van der Waals surface area contributed by atoms with Gasteiger partial charge in [-0.2, -0.15) is 5.10 Å². The molecule has 0 atom stereocenters. The predicted octanol–water partition coefficient (Wildman–Crippen LogP) is 4.75. The van der Waals surface area contributed by atoms with Gasteiger partial charge in [0.1, 0.15) is 10.4 Å². The van der Waals surface area contributed by atoms with E-state index in [4.69, 9.17) is 17.0 Å². The van der Waals surface area contributed by atoms with E-state index in [1.807, 2.05) is 62.4 Å². The van der Waals surface area contributed by atoms with Gasteiger partial charge in [0, 0.05) is 16.3 Å². The molecule has 3 nitrogen and oxygen atoms in total. The average Bonchev–Trinajstić information content (AvgIpc) is 2.47. The van der Waals surface area contributed by atoms with E-state index in [-0.39, 0.29) is 6.10 Å². The van der Waals surface area contributed by atoms with Gasteiger partial charge >= 0.3 is 0 Å². The second-order valence-corrected chi connectivity index (χ2v) is 5.55. The Bertz CT molecular complexity index is 839. The molecule has 0 amide bonds. The third-order valence-electron chi connectivity index (χ3n) is 3.18. The van der Waals surface area contributed by atoms with Crippen LogP contribution in [0.2, 0.25) is 0 Å². The molecule has 1 heterocycles. The standard InChI is InChI=1S/C17H16N2OS/c1-11(2)20-13-7-5-6-12(10-13)16-14-8-3-4-9-15(14)17(21)19-18-16/h3-11H,1-2H3,(H,19,21). The summed E-state index contributed by atoms with van der Waals surface area (Å²) in [6, 6.07) is 16.0. The van der Waals surface area contributed by atoms with Crippen LogP contribution in [0.25, 0.3) is 22.0 Å². The maximum absolute atomic E-state index is 5.75. The molecule has 1 N–H and O–H groups in total. The number of ether oxygens (including phenoxy) is 1. The van der Waals surface area contributed by atoms with Crippen LogP contribution in [0.3, 0.4) is 0 Å². The number of benzene rings is 2. The first kappa shape index (κ1) is 13.8. The first-order chi connectivity index (χ1) is 10.1. The van der Waals surface area contributed by atoms with Crippen molar-refractivity contribution < 1.29 is 4.74 Å². The Labute approximate surface area is 128 Å². The smallest absolute Gasteiger partial charge is 0.127 e. The van der Waals surface area contributed by atoms with Crippen LogP contribution >= 0.6 is 12.2 Å². The van der Waals surface area contributed by atoms with Gasteiger partial charge in [0.25, 0.3) is 0 Å². The highest BCUT2D eigenvalue weighted by molar-refractivity contribution is 7.71. The summed E-state index contributed by atoms with van der Waals surface area (Å²) in [5.74, 6) is 0.843. The Morgan fingerprint density at radius 3 is 2.57 bits per heavy atom. The number of hydrogen-bond acceptors (Lipinski definition) is 3. The van der Waals surface area contributed by atoms with Crippen LogP contribution in [-0.4, -0.2) is 16.3 Å². The number of aromatic amines is 1. The zero-order valence-electron chi connectivity index (χ0n) is 12.0. The summed E-state index contributed by atoms with van der Waals surface area (Å²) in [6.45, 7) is 4.03. The van der Waals surface area contributed by atoms with Crippen molar-refractivity contribution in [1.82, 2.24) is 10.2 Å². The second kappa shape index (κ2) is 5.66. The second-order valence-electron chi connectivity index (χ2n) is 5.14. The summed E-state index contributed by atoms with van der Waals surface area (Å²) in [4.78, 5) is 0. The maximum atomic E-state index is 5.75. The molecule has 106 valence electrons. The molecular weight excluding hydrogens is 280 g/mol. The fourth-order valence-electron chi connectivity index (χ4n) is 2.32. The molecule has 0 aliphatic rings. The Morgan fingerprint density at radius 2 is 1.81 bits per heavy atom. The molecule has 0 saturated heterocycles. The summed E-state index contributed by atoms with van der Waals surface area (Å²) in [7, 11) is 0. The minimum absolute atomic E-state index is 0.145. The van der Waals surface area contributed by atoms with E-state index in [9.17, 15) is 0 Å². The first-order valence-electron chi connectivity index (χ1n) is 6.89. The number of aromatic nitrogens is 2. The van der Waals surface area contributed by atoms with Crippen LogP contribution < -0.4 is 4.74 Å². The van der Waals surface area contributed by atoms with E-state index in [1.165, 1.54) is 0 Å². The van der Waals surface area contributed by atoms with E-state index in [2.05, 4.69) is 10.2 Å². The number of rotatable bonds is 3. The summed E-state index contributed by atoms with van der Waals surface area (Å²) in [5, 5.41) is 9.39. The van der Waals surface area contributed by atoms with E-state index >= 15 is 0 Å². The molecule has 0 bridgehead atoms. The molecule has 0 fully saturated rings. The van der Waals surface area contributed by atoms with Crippen LogP contribution in [0.1, 0.15) is 13.8 Å². The van der Waals surface area contributed by atoms with Gasteiger partial charge in [0.15, 0.2) is 0 Å². The van der Waals surface area contributed by atoms with Crippen molar-refractivity contribution in [3.63, 3.8) is 0 Å². The quantitative estimate of drug-likeness (QED) is 0.709. The minimum Gasteiger partial charge on any atom is -0.491 e. The third kappa shape index (κ3) is 2.81. The van der Waals surface area contributed by atoms with Crippen LogP contribution in [0, 0.1) is 4.64 Å². The number of nitrogens with one attached hydrogen (secondary N) is 1. The zero-order valence-corrected chi connectivity index (χ0v) is 12.8. The fourth-order valence-corrected chi connectivity index (χ4v) is 2.55. The van der Waals surface area contributed by atoms with E-state index in [0.29, 0.717) is 4.64 Å². The van der Waals surface area contributed by atoms with E-state index in [1.54, 1.807) is 0 Å². The van der Waals surface area contributed by atoms with Gasteiger partial charge in [-0.3, -0.25) is 5.10 Å². The maximum Gasteiger partial charge on any atom is 0.127 e. The summed E-state index contributed by atoms with van der Waals surface area (Å²) >= 11 is 5.30. The highest BCUT2D eigenvalue weighted by atomic mass is 32.1. The van der Waals surface area contributed by atoms with Crippen molar-refractivity contribution in [3.8, 4) is 17.0 Å². The molecule has 0 radical (unpaired) electrons. The van der Waals surface area contributed by atoms with Crippen molar-refractivity contribution in [1.29, 1.82) is 0 Å². The highest BCUT2D eigenvalue weighted by Crippen LogP contribution is 2.28. The van der Waals surface area contributed by atoms with Crippen molar-refractivity contribution in [2.24, 2.45) is 0 Å². The molecule has 2 aromatic carbocycles. The molecule has 4 heteroatoms. The Kier molecular flexibility index (Phi) is 3.71. The van der Waals surface area contributed by atoms with Gasteiger partial charge in [-0.1, -0.05) is 48.6 Å². The van der Waals surface area contributed by atoms with Crippen molar-refractivity contribution in [2.75, 3.05) is 0 Å². The van der Waals surface area contributed by atoms with Gasteiger partial charge in [-0.05, 0) is 26.0 Å². The van der Waals surface area contributed by atoms with E-state index < -0.39 is 0 Å². The average molecular weight is 296 g/mol. The number of fused-ring (bicyclic) bond motifs is 1. The molecule has 0 aliphatic carbocycles. The first-order valence-corrected chi connectivity index (χ1v) is 7.30. The SMILES string of the molecule is CC(C)Oc1cccc(-c2n[nH]c(=S)c3ccccc23)c1. The lowest BCUT2D eigenvalue weighted by Gasteiger charge is -2.11. The van der Waals surface area contributed by atoms with Crippen molar-refractivity contribution in [2.45, 2.75) is 20.0 Å². The Balaban J connectivity index is 2.17. The lowest BCUT2D eigenvalue weighted by atomic mass is 10.1. The van der Waals surface area contributed by atoms with Crippen LogP contribution in [0.5, 0.6) is 5.75 Å². The fraction of sp³-hybridized carbons (Fsp3) is 0.176. The largest absolute Gasteiger partial charge is 0.491 e. The van der Waals surface area contributed by atoms with Crippen molar-refractivity contribution in [3.05, 3.63) is 53.2 Å². The van der Waals surface area contributed by atoms with Crippen molar-refractivity contribution >= 4 is 23.0 Å². The number of nitrogens with zero attached hydrogens (tertiary/aromatic N) is 1. The van der Waals surface area contributed by atoms with Gasteiger partial charge < -0.3 is 4.74 Å².